The molecular weight excluding hydrogens is 287 g/mol. The van der Waals surface area contributed by atoms with E-state index in [9.17, 15) is 18.3 Å². The Morgan fingerprint density at radius 1 is 1.33 bits per heavy atom. The van der Waals surface area contributed by atoms with Crippen LogP contribution in [0.15, 0.2) is 6.20 Å². The van der Waals surface area contributed by atoms with Gasteiger partial charge in [0.15, 0.2) is 11.6 Å². The minimum atomic E-state index is -4.81. The molecule has 0 fully saturated rings. The predicted molar refractivity (Wildman–Crippen MR) is 66.3 cm³/mol. The molecule has 0 unspecified atom stereocenters. The van der Waals surface area contributed by atoms with E-state index in [1.165, 1.54) is 10.8 Å². The maximum absolute atomic E-state index is 13.1. The normalized spacial score (nSPS) is 20.8. The Balaban J connectivity index is 2.21. The molecule has 114 valence electrons. The van der Waals surface area contributed by atoms with Gasteiger partial charge < -0.3 is 14.2 Å². The fraction of sp³-hybridized carbons (Fsp3) is 0.583. The summed E-state index contributed by atoms with van der Waals surface area (Å²) >= 11 is 0. The molecule has 21 heavy (non-hydrogen) atoms. The first kappa shape index (κ1) is 14.1. The van der Waals surface area contributed by atoms with Crippen LogP contribution in [0.2, 0.25) is 0 Å². The fourth-order valence-corrected chi connectivity index (χ4v) is 2.59. The maximum atomic E-state index is 13.1. The van der Waals surface area contributed by atoms with Gasteiger partial charge >= 0.3 is 6.18 Å². The SMILES string of the molecule is Cc1nnc2n1C[C@H](C)n1c-2cnc1[C@@](C)(O)C(F)(F)F. The number of fused-ring (bicyclic) bond motifs is 3. The summed E-state index contributed by atoms with van der Waals surface area (Å²) in [5.41, 5.74) is -2.59. The summed E-state index contributed by atoms with van der Waals surface area (Å²) in [5, 5.41) is 17.8. The quantitative estimate of drug-likeness (QED) is 0.872. The van der Waals surface area contributed by atoms with E-state index in [2.05, 4.69) is 15.2 Å². The molecule has 2 aromatic rings. The standard InChI is InChI=1S/C12H14F3N5O/c1-6-5-19-7(2)17-18-9(19)8-4-16-10(20(6)8)11(3,21)12(13,14)15/h4,6,21H,5H2,1-3H3/t6-,11+/m0/s1. The number of rotatable bonds is 1. The van der Waals surface area contributed by atoms with Crippen molar-refractivity contribution in [1.82, 2.24) is 24.3 Å². The van der Waals surface area contributed by atoms with E-state index < -0.39 is 17.6 Å². The first-order chi connectivity index (χ1) is 9.64. The van der Waals surface area contributed by atoms with Crippen molar-refractivity contribution in [1.29, 1.82) is 0 Å². The average molecular weight is 301 g/mol. The average Bonchev–Trinajstić information content (AvgIpc) is 2.93. The van der Waals surface area contributed by atoms with E-state index in [0.29, 0.717) is 30.8 Å². The van der Waals surface area contributed by atoms with Gasteiger partial charge in [-0.2, -0.15) is 13.2 Å². The lowest BCUT2D eigenvalue weighted by Gasteiger charge is -2.31. The Labute approximate surface area is 118 Å². The number of aryl methyl sites for hydroxylation is 1. The van der Waals surface area contributed by atoms with Crippen LogP contribution in [0.1, 0.15) is 31.5 Å². The van der Waals surface area contributed by atoms with Gasteiger partial charge in [-0.3, -0.25) is 0 Å². The third kappa shape index (κ3) is 1.80. The second kappa shape index (κ2) is 4.06. The molecule has 3 rings (SSSR count). The smallest absolute Gasteiger partial charge is 0.374 e. The van der Waals surface area contributed by atoms with Crippen LogP contribution in [0.25, 0.3) is 11.5 Å². The van der Waals surface area contributed by atoms with Crippen LogP contribution in [-0.2, 0) is 12.1 Å². The molecule has 9 heteroatoms. The number of alkyl halides is 3. The molecule has 0 bridgehead atoms. The summed E-state index contributed by atoms with van der Waals surface area (Å²) in [6.45, 7) is 4.68. The molecule has 0 saturated carbocycles. The highest BCUT2D eigenvalue weighted by atomic mass is 19.4. The van der Waals surface area contributed by atoms with E-state index in [-0.39, 0.29) is 6.04 Å². The highest BCUT2D eigenvalue weighted by Crippen LogP contribution is 2.41. The molecule has 6 nitrogen and oxygen atoms in total. The van der Waals surface area contributed by atoms with Crippen molar-refractivity contribution in [3.8, 4) is 11.5 Å². The van der Waals surface area contributed by atoms with Gasteiger partial charge in [-0.15, -0.1) is 10.2 Å². The molecule has 0 saturated heterocycles. The molecule has 0 aromatic carbocycles. The summed E-state index contributed by atoms with van der Waals surface area (Å²) in [6, 6.07) is -0.298. The van der Waals surface area contributed by atoms with Crippen molar-refractivity contribution in [2.75, 3.05) is 0 Å². The Kier molecular flexibility index (Phi) is 2.72. The predicted octanol–water partition coefficient (Wildman–Crippen LogP) is 1.79. The maximum Gasteiger partial charge on any atom is 0.424 e. The van der Waals surface area contributed by atoms with E-state index in [4.69, 9.17) is 0 Å². The second-order valence-electron chi connectivity index (χ2n) is 5.44. The number of aliphatic hydroxyl groups is 1. The van der Waals surface area contributed by atoms with Crippen LogP contribution in [0.5, 0.6) is 0 Å². The lowest BCUT2D eigenvalue weighted by Crippen LogP contribution is -2.42. The highest BCUT2D eigenvalue weighted by Gasteiger charge is 2.55. The van der Waals surface area contributed by atoms with Gasteiger partial charge in [0.05, 0.1) is 12.2 Å². The molecule has 1 aliphatic heterocycles. The van der Waals surface area contributed by atoms with Crippen LogP contribution in [0.3, 0.4) is 0 Å². The van der Waals surface area contributed by atoms with Crippen molar-refractivity contribution < 1.29 is 18.3 Å². The van der Waals surface area contributed by atoms with E-state index in [1.54, 1.807) is 13.8 Å². The van der Waals surface area contributed by atoms with Gasteiger partial charge in [0.25, 0.3) is 0 Å². The first-order valence-electron chi connectivity index (χ1n) is 6.41. The monoisotopic (exact) mass is 301 g/mol. The van der Waals surface area contributed by atoms with Gasteiger partial charge in [-0.05, 0) is 20.8 Å². The van der Waals surface area contributed by atoms with Crippen LogP contribution in [-0.4, -0.2) is 35.6 Å². The van der Waals surface area contributed by atoms with E-state index >= 15 is 0 Å². The molecule has 3 heterocycles. The van der Waals surface area contributed by atoms with Crippen molar-refractivity contribution >= 4 is 0 Å². The summed E-state index contributed by atoms with van der Waals surface area (Å²) in [5.74, 6) is 0.722. The van der Waals surface area contributed by atoms with Gasteiger partial charge in [0.1, 0.15) is 11.5 Å². The fourth-order valence-electron chi connectivity index (χ4n) is 2.59. The van der Waals surface area contributed by atoms with Gasteiger partial charge in [0, 0.05) is 6.54 Å². The van der Waals surface area contributed by atoms with Crippen LogP contribution in [0.4, 0.5) is 13.2 Å². The summed E-state index contributed by atoms with van der Waals surface area (Å²) in [6.07, 6.45) is -3.51. The summed E-state index contributed by atoms with van der Waals surface area (Å²) in [7, 11) is 0. The summed E-state index contributed by atoms with van der Waals surface area (Å²) < 4.78 is 42.4. The number of hydrogen-bond acceptors (Lipinski definition) is 4. The van der Waals surface area contributed by atoms with E-state index in [0.717, 1.165) is 0 Å². The van der Waals surface area contributed by atoms with Crippen molar-refractivity contribution in [3.63, 3.8) is 0 Å². The molecule has 2 atom stereocenters. The Hall–Kier alpha value is -1.90. The Bertz CT molecular complexity index is 700. The molecule has 1 aliphatic rings. The zero-order chi connectivity index (χ0) is 15.6. The van der Waals surface area contributed by atoms with Crippen LogP contribution >= 0.6 is 0 Å². The zero-order valence-corrected chi connectivity index (χ0v) is 11.7. The molecular formula is C12H14F3N5O. The number of aromatic nitrogens is 5. The van der Waals surface area contributed by atoms with Gasteiger partial charge in [-0.1, -0.05) is 0 Å². The minimum Gasteiger partial charge on any atom is -0.374 e. The largest absolute Gasteiger partial charge is 0.424 e. The van der Waals surface area contributed by atoms with Crippen LogP contribution in [0, 0.1) is 6.92 Å². The highest BCUT2D eigenvalue weighted by molar-refractivity contribution is 5.52. The lowest BCUT2D eigenvalue weighted by molar-refractivity contribution is -0.262. The number of hydrogen-bond donors (Lipinski definition) is 1. The summed E-state index contributed by atoms with van der Waals surface area (Å²) in [4.78, 5) is 3.81. The zero-order valence-electron chi connectivity index (χ0n) is 11.7. The molecule has 2 aromatic heterocycles. The third-order valence-corrected chi connectivity index (χ3v) is 3.84. The molecule has 0 spiro atoms. The first-order valence-corrected chi connectivity index (χ1v) is 6.41. The van der Waals surface area contributed by atoms with Gasteiger partial charge in [-0.25, -0.2) is 4.98 Å². The number of nitrogens with zero attached hydrogens (tertiary/aromatic N) is 5. The Morgan fingerprint density at radius 3 is 2.62 bits per heavy atom. The second-order valence-corrected chi connectivity index (χ2v) is 5.44. The van der Waals surface area contributed by atoms with E-state index in [1.807, 2.05) is 4.57 Å². The van der Waals surface area contributed by atoms with Crippen molar-refractivity contribution in [3.05, 3.63) is 17.8 Å². The number of halogens is 3. The molecule has 1 N–H and O–H groups in total. The molecule has 0 aliphatic carbocycles. The number of imidazole rings is 1. The Morgan fingerprint density at radius 2 is 2.00 bits per heavy atom. The van der Waals surface area contributed by atoms with Crippen LogP contribution < -0.4 is 0 Å². The van der Waals surface area contributed by atoms with Crippen molar-refractivity contribution in [2.45, 2.75) is 45.1 Å². The van der Waals surface area contributed by atoms with Gasteiger partial charge in [0.2, 0.25) is 5.60 Å². The molecule has 0 radical (unpaired) electrons. The lowest BCUT2D eigenvalue weighted by atomic mass is 10.0. The topological polar surface area (TPSA) is 68.8 Å². The third-order valence-electron chi connectivity index (χ3n) is 3.84. The van der Waals surface area contributed by atoms with Crippen molar-refractivity contribution in [2.24, 2.45) is 0 Å². The minimum absolute atomic E-state index is 0.298. The molecule has 0 amide bonds.